The highest BCUT2D eigenvalue weighted by molar-refractivity contribution is 6.06. The fraction of sp³-hybridized carbons (Fsp3) is 0.527. The van der Waals surface area contributed by atoms with E-state index in [9.17, 15) is 24.6 Å². The van der Waals surface area contributed by atoms with Crippen molar-refractivity contribution >= 4 is 50.9 Å². The minimum atomic E-state index is -0.964. The highest BCUT2D eigenvalue weighted by Crippen LogP contribution is 2.53. The number of imide groups is 1. The molecule has 15 nitrogen and oxygen atoms in total. The molecule has 2 aliphatic carbocycles. The maximum absolute atomic E-state index is 17.2. The Morgan fingerprint density at radius 3 is 2.42 bits per heavy atom. The maximum atomic E-state index is 17.2. The number of nitrogens with one attached hydrogen (secondary N) is 1. The summed E-state index contributed by atoms with van der Waals surface area (Å²) in [6.07, 6.45) is 10.7. The Morgan fingerprint density at radius 1 is 0.889 bits per heavy atom. The van der Waals surface area contributed by atoms with E-state index in [1.165, 1.54) is 44.0 Å². The number of carbonyl (C=O) groups is 3. The first kappa shape index (κ1) is 47.0. The topological polar surface area (TPSA) is 168 Å². The summed E-state index contributed by atoms with van der Waals surface area (Å²) in [7, 11) is 0. The fourth-order valence-corrected chi connectivity index (χ4v) is 13.1. The lowest BCUT2D eigenvalue weighted by molar-refractivity contribution is -0.136. The Kier molecular flexibility index (Phi) is 11.7. The number of fused-ring (bicyclic) bond motifs is 3. The molecule has 2 aromatic heterocycles. The summed E-state index contributed by atoms with van der Waals surface area (Å²) >= 11 is 0. The number of hydrogen-bond donors (Lipinski definition) is 3. The number of piperidine rings is 3. The van der Waals surface area contributed by atoms with E-state index in [1.54, 1.807) is 24.0 Å². The lowest BCUT2D eigenvalue weighted by atomic mass is 9.60. The zero-order valence-corrected chi connectivity index (χ0v) is 41.2. The van der Waals surface area contributed by atoms with Gasteiger partial charge in [0.1, 0.15) is 34.6 Å². The molecule has 7 aliphatic rings. The third-order valence-corrected chi connectivity index (χ3v) is 17.4. The molecule has 7 heterocycles. The Bertz CT molecular complexity index is 3010. The van der Waals surface area contributed by atoms with Gasteiger partial charge in [-0.2, -0.15) is 9.97 Å². The van der Waals surface area contributed by atoms with Crippen LogP contribution in [0.25, 0.3) is 32.9 Å². The van der Waals surface area contributed by atoms with Crippen LogP contribution in [0.15, 0.2) is 48.7 Å². The summed E-state index contributed by atoms with van der Waals surface area (Å²) in [5.74, 6) is -1.59. The van der Waals surface area contributed by atoms with E-state index in [-0.39, 0.29) is 58.1 Å². The molecule has 4 saturated heterocycles. The van der Waals surface area contributed by atoms with E-state index in [0.717, 1.165) is 76.3 Å². The van der Waals surface area contributed by atoms with E-state index < -0.39 is 23.3 Å². The number of aromatic nitrogens is 3. The average molecular weight is 984 g/mol. The number of anilines is 2. The number of aryl methyl sites for hydroxylation is 1. The van der Waals surface area contributed by atoms with Crippen molar-refractivity contribution in [2.24, 2.45) is 10.8 Å². The molecule has 0 unspecified atom stereocenters. The predicted octanol–water partition coefficient (Wildman–Crippen LogP) is 6.73. The number of aromatic hydroxyl groups is 1. The normalized spacial score (nSPS) is 24.5. The minimum absolute atomic E-state index is 0.0161. The van der Waals surface area contributed by atoms with E-state index in [0.29, 0.717) is 90.1 Å². The molecule has 3 aromatic carbocycles. The molecule has 3 amide bonds. The Morgan fingerprint density at radius 2 is 1.68 bits per heavy atom. The summed E-state index contributed by atoms with van der Waals surface area (Å²) < 4.78 is 38.8. The fourth-order valence-electron chi connectivity index (χ4n) is 13.1. The van der Waals surface area contributed by atoms with Crippen LogP contribution >= 0.6 is 0 Å². The van der Waals surface area contributed by atoms with Crippen LogP contribution in [0.1, 0.15) is 99.5 Å². The Balaban J connectivity index is 0.677. The molecule has 1 spiro atoms. The monoisotopic (exact) mass is 983 g/mol. The van der Waals surface area contributed by atoms with E-state index >= 15 is 8.78 Å². The number of halogens is 2. The van der Waals surface area contributed by atoms with Crippen molar-refractivity contribution < 1.29 is 38.1 Å². The number of amides is 3. The number of rotatable bonds is 11. The van der Waals surface area contributed by atoms with Crippen LogP contribution in [0.5, 0.6) is 11.8 Å². The van der Waals surface area contributed by atoms with Crippen LogP contribution < -0.4 is 19.9 Å². The molecule has 2 atom stereocenters. The molecule has 17 heteroatoms. The molecule has 5 aliphatic heterocycles. The number of aliphatic hydroxyl groups is 1. The van der Waals surface area contributed by atoms with Crippen LogP contribution in [0.3, 0.4) is 0 Å². The molecule has 2 saturated carbocycles. The number of hydrogen-bond acceptors (Lipinski definition) is 13. The van der Waals surface area contributed by atoms with Crippen molar-refractivity contribution in [1.82, 2.24) is 35.0 Å². The average Bonchev–Trinajstić information content (AvgIpc) is 4.05. The zero-order chi connectivity index (χ0) is 49.7. The number of phenols is 1. The first-order chi connectivity index (χ1) is 34.7. The smallest absolute Gasteiger partial charge is 0.319 e. The molecular formula is C55H63F2N9O6. The largest absolute Gasteiger partial charge is 0.508 e. The highest BCUT2D eigenvalue weighted by atomic mass is 19.1. The lowest BCUT2D eigenvalue weighted by Crippen LogP contribution is -2.59. The number of β-amino-alcohol motifs (C(OH)–C–C–N with tert-alkyl or cyclic N) is 1. The number of likely N-dealkylation sites (tertiary alicyclic amines) is 1. The van der Waals surface area contributed by atoms with Gasteiger partial charge in [0, 0.05) is 93.2 Å². The molecule has 12 rings (SSSR count). The van der Waals surface area contributed by atoms with Crippen molar-refractivity contribution in [3.8, 4) is 23.0 Å². The third kappa shape index (κ3) is 8.57. The van der Waals surface area contributed by atoms with Crippen molar-refractivity contribution in [1.29, 1.82) is 0 Å². The minimum Gasteiger partial charge on any atom is -0.508 e. The van der Waals surface area contributed by atoms with Gasteiger partial charge in [-0.15, -0.1) is 0 Å². The molecule has 378 valence electrons. The summed E-state index contributed by atoms with van der Waals surface area (Å²) in [6.45, 7) is 12.2. The van der Waals surface area contributed by atoms with Crippen molar-refractivity contribution in [2.45, 2.75) is 109 Å². The number of benzene rings is 3. The molecule has 5 aromatic rings. The third-order valence-electron chi connectivity index (χ3n) is 17.4. The first-order valence-corrected chi connectivity index (χ1v) is 26.1. The second-order valence-electron chi connectivity index (χ2n) is 22.4. The van der Waals surface area contributed by atoms with Crippen LogP contribution in [0.2, 0.25) is 0 Å². The standard InChI is InChI=1S/C55H63F2N9O6/c1-3-38-42(56)8-5-33-24-37(67)25-40(45(33)38)47-46(57)48-41(28-58-47)49(65-16-4-11-53(2,71)30-65)61-52(60-48)72-32-55(12-13-55)31-62-17-14-54(15-18-62)26-36(27-54)64-21-19-63(20-22-64)35-6-7-39-34(23-35)29-66(51(39)70)43-9-10-44(68)59-50(43)69/h5-8,23-25,28,36,43,67,71H,3-4,9-22,26-27,29-32H2,1-2H3,(H,59,68,69)/t43-,53+/m0/s1. The number of pyridine rings is 1. The van der Waals surface area contributed by atoms with E-state index in [1.807, 2.05) is 24.0 Å². The Labute approximate surface area is 417 Å². The molecule has 3 N–H and O–H groups in total. The number of nitrogens with zero attached hydrogens (tertiary/aromatic N) is 8. The Hall–Kier alpha value is -6.04. The van der Waals surface area contributed by atoms with Crippen LogP contribution in [-0.4, -0.2) is 141 Å². The van der Waals surface area contributed by atoms with Crippen LogP contribution in [0, 0.1) is 22.5 Å². The van der Waals surface area contributed by atoms with Crippen molar-refractivity contribution in [3.05, 3.63) is 77.0 Å². The van der Waals surface area contributed by atoms with Gasteiger partial charge < -0.3 is 34.5 Å². The van der Waals surface area contributed by atoms with E-state index in [2.05, 4.69) is 31.1 Å². The number of ether oxygens (including phenoxy) is 1. The highest BCUT2D eigenvalue weighted by Gasteiger charge is 2.51. The van der Waals surface area contributed by atoms with Gasteiger partial charge in [-0.3, -0.25) is 29.6 Å². The van der Waals surface area contributed by atoms with Crippen LogP contribution in [-0.2, 0) is 22.6 Å². The van der Waals surface area contributed by atoms with Gasteiger partial charge in [-0.25, -0.2) is 8.78 Å². The van der Waals surface area contributed by atoms with Gasteiger partial charge >= 0.3 is 6.01 Å². The molecule has 6 fully saturated rings. The summed E-state index contributed by atoms with van der Waals surface area (Å²) in [6, 6.07) is 12.0. The van der Waals surface area contributed by atoms with Crippen molar-refractivity contribution in [3.63, 3.8) is 0 Å². The van der Waals surface area contributed by atoms with Gasteiger partial charge in [0.15, 0.2) is 5.82 Å². The number of piperazine rings is 1. The molecule has 72 heavy (non-hydrogen) atoms. The number of carbonyl (C=O) groups excluding carboxylic acids is 3. The SMILES string of the molecule is CCc1c(F)ccc2cc(O)cc(-c3ncc4c(N5CCC[C@@](C)(O)C5)nc(OCC5(CN6CCC7(CC6)CC(N6CCN(c8ccc9c(c8)CN([C@H]8CCC(=O)NC8=O)C9=O)CC6)C7)CC5)nc4c3F)c12. The van der Waals surface area contributed by atoms with Gasteiger partial charge in [-0.1, -0.05) is 13.0 Å². The van der Waals surface area contributed by atoms with Gasteiger partial charge in [-0.05, 0) is 148 Å². The second kappa shape index (κ2) is 17.9. The predicted molar refractivity (Wildman–Crippen MR) is 268 cm³/mol. The van der Waals surface area contributed by atoms with Crippen molar-refractivity contribution in [2.75, 3.05) is 75.3 Å². The summed E-state index contributed by atoms with van der Waals surface area (Å²) in [5, 5.41) is 25.7. The summed E-state index contributed by atoms with van der Waals surface area (Å²) in [4.78, 5) is 62.9. The van der Waals surface area contributed by atoms with Gasteiger partial charge in [0.2, 0.25) is 11.8 Å². The molecule has 0 radical (unpaired) electrons. The zero-order valence-electron chi connectivity index (χ0n) is 41.2. The lowest BCUT2D eigenvalue weighted by Gasteiger charge is -2.56. The first-order valence-electron chi connectivity index (χ1n) is 26.1. The quantitative estimate of drug-likeness (QED) is 0.119. The molecule has 0 bridgehead atoms. The molecular weight excluding hydrogens is 921 g/mol. The summed E-state index contributed by atoms with van der Waals surface area (Å²) in [5.41, 5.74) is 2.70. The number of phenolic OH excluding ortho intramolecular Hbond substituents is 1. The second-order valence-corrected chi connectivity index (χ2v) is 22.4. The van der Waals surface area contributed by atoms with Gasteiger partial charge in [0.25, 0.3) is 5.91 Å². The maximum Gasteiger partial charge on any atom is 0.319 e. The van der Waals surface area contributed by atoms with Gasteiger partial charge in [0.05, 0.1) is 17.6 Å². The van der Waals surface area contributed by atoms with E-state index in [4.69, 9.17) is 14.7 Å². The van der Waals surface area contributed by atoms with Crippen LogP contribution in [0.4, 0.5) is 20.3 Å².